The first-order chi connectivity index (χ1) is 10.7. The van der Waals surface area contributed by atoms with Gasteiger partial charge in [0, 0.05) is 0 Å². The van der Waals surface area contributed by atoms with Gasteiger partial charge in [0.05, 0.1) is 0 Å². The Morgan fingerprint density at radius 2 is 0.773 bits per heavy atom. The Morgan fingerprint density at radius 1 is 0.545 bits per heavy atom. The molecule has 114 valence electrons. The van der Waals surface area contributed by atoms with Crippen molar-refractivity contribution in [3.05, 3.63) is 59.7 Å². The Labute approximate surface area is 138 Å². The highest BCUT2D eigenvalue weighted by Crippen LogP contribution is 2.35. The summed E-state index contributed by atoms with van der Waals surface area (Å²) in [5, 5.41) is 8.24. The van der Waals surface area contributed by atoms with Crippen molar-refractivity contribution >= 4 is 44.9 Å². The Balaban J connectivity index is 0.000000410. The number of benzene rings is 4. The molecule has 0 saturated carbocycles. The average molecular weight is 308 g/mol. The van der Waals surface area contributed by atoms with E-state index in [-0.39, 0.29) is 0 Å². The van der Waals surface area contributed by atoms with Crippen molar-refractivity contribution in [2.45, 2.75) is 27.7 Å². The van der Waals surface area contributed by atoms with Gasteiger partial charge in [0.25, 0.3) is 0 Å². The summed E-state index contributed by atoms with van der Waals surface area (Å²) < 4.78 is 0. The third kappa shape index (κ3) is 2.78. The highest BCUT2D eigenvalue weighted by molar-refractivity contribution is 7.79. The van der Waals surface area contributed by atoms with Crippen molar-refractivity contribution in [1.29, 1.82) is 0 Å². The van der Waals surface area contributed by atoms with Crippen LogP contribution in [0.3, 0.4) is 0 Å². The maximum atomic E-state index is 3.53. The van der Waals surface area contributed by atoms with Crippen molar-refractivity contribution in [3.8, 4) is 0 Å². The minimum absolute atomic E-state index is 1.33. The number of hydrogen-bond acceptors (Lipinski definition) is 1. The molecular weight excluding hydrogens is 284 g/mol. The average Bonchev–Trinajstić information content (AvgIpc) is 2.55. The summed E-state index contributed by atoms with van der Waals surface area (Å²) in [4.78, 5) is 0. The topological polar surface area (TPSA) is 0 Å². The van der Waals surface area contributed by atoms with E-state index in [9.17, 15) is 0 Å². The molecule has 1 heteroatoms. The molecular formula is C21H24S. The Hall–Kier alpha value is -1.73. The van der Waals surface area contributed by atoms with Crippen LogP contribution in [0, 0.1) is 13.8 Å². The molecule has 0 aliphatic heterocycles. The molecule has 4 aromatic rings. The highest BCUT2D eigenvalue weighted by Gasteiger charge is 2.08. The molecule has 0 saturated heterocycles. The van der Waals surface area contributed by atoms with Crippen molar-refractivity contribution in [3.63, 3.8) is 0 Å². The molecule has 4 rings (SSSR count). The van der Waals surface area contributed by atoms with Crippen LogP contribution >= 0.6 is 12.6 Å². The van der Waals surface area contributed by atoms with Crippen molar-refractivity contribution < 1.29 is 0 Å². The van der Waals surface area contributed by atoms with Gasteiger partial charge in [0.2, 0.25) is 0 Å². The predicted octanol–water partition coefficient (Wildman–Crippen LogP) is 6.77. The third-order valence-corrected chi connectivity index (χ3v) is 3.82. The minimum atomic E-state index is 1.33. The molecule has 0 amide bonds. The zero-order chi connectivity index (χ0) is 16.3. The summed E-state index contributed by atoms with van der Waals surface area (Å²) in [5.74, 6) is 0. The Bertz CT molecular complexity index is 749. The lowest BCUT2D eigenvalue weighted by atomic mass is 9.92. The second-order valence-electron chi connectivity index (χ2n) is 5.30. The van der Waals surface area contributed by atoms with E-state index in [0.29, 0.717) is 0 Å². The molecule has 4 aromatic carbocycles. The Morgan fingerprint density at radius 3 is 1.00 bits per heavy atom. The molecule has 0 atom stereocenters. The summed E-state index contributed by atoms with van der Waals surface area (Å²) in [6.45, 7) is 8.33. The molecule has 0 bridgehead atoms. The van der Waals surface area contributed by atoms with Gasteiger partial charge in [0.15, 0.2) is 0 Å². The lowest BCUT2D eigenvalue weighted by molar-refractivity contribution is 1.50. The molecule has 0 nitrogen and oxygen atoms in total. The number of aryl methyl sites for hydroxylation is 2. The maximum absolute atomic E-state index is 3.53. The zero-order valence-electron chi connectivity index (χ0n) is 14.1. The van der Waals surface area contributed by atoms with E-state index in [1.54, 1.807) is 6.26 Å². The van der Waals surface area contributed by atoms with Gasteiger partial charge in [0.1, 0.15) is 0 Å². The quantitative estimate of drug-likeness (QED) is 0.269. The smallest absolute Gasteiger partial charge is 0.00266 e. The van der Waals surface area contributed by atoms with Crippen molar-refractivity contribution in [2.24, 2.45) is 0 Å². The molecule has 0 unspecified atom stereocenters. The Kier molecular flexibility index (Phi) is 5.31. The molecule has 0 N–H and O–H groups in total. The van der Waals surface area contributed by atoms with E-state index in [1.807, 2.05) is 13.8 Å². The zero-order valence-corrected chi connectivity index (χ0v) is 15.0. The van der Waals surface area contributed by atoms with Crippen LogP contribution in [0.2, 0.25) is 0 Å². The van der Waals surface area contributed by atoms with Crippen LogP contribution < -0.4 is 0 Å². The van der Waals surface area contributed by atoms with Crippen molar-refractivity contribution in [2.75, 3.05) is 6.26 Å². The van der Waals surface area contributed by atoms with E-state index < -0.39 is 0 Å². The molecule has 0 aliphatic rings. The first kappa shape index (κ1) is 16.6. The summed E-state index contributed by atoms with van der Waals surface area (Å²) in [6.07, 6.45) is 1.69. The summed E-state index contributed by atoms with van der Waals surface area (Å²) >= 11 is 3.53. The first-order valence-corrected chi connectivity index (χ1v) is 8.72. The van der Waals surface area contributed by atoms with Crippen LogP contribution in [0.5, 0.6) is 0 Å². The van der Waals surface area contributed by atoms with E-state index in [0.717, 1.165) is 0 Å². The molecule has 22 heavy (non-hydrogen) atoms. The standard InChI is InChI=1S/C18H14.C2H6.CH4S/c1-11-7-13-3-5-15-9-12(2)10-16-6-4-14(8-11)17(13)18(15)16;2*1-2/h3-10H,1-2H3;1-2H3;2H,1H3. The van der Waals surface area contributed by atoms with Gasteiger partial charge in [-0.2, -0.15) is 12.6 Å². The summed E-state index contributed by atoms with van der Waals surface area (Å²) in [7, 11) is 0. The second kappa shape index (κ2) is 7.02. The van der Waals surface area contributed by atoms with Crippen LogP contribution in [0.25, 0.3) is 32.3 Å². The predicted molar refractivity (Wildman–Crippen MR) is 106 cm³/mol. The molecule has 0 aromatic heterocycles. The lowest BCUT2D eigenvalue weighted by Crippen LogP contribution is -1.86. The molecule has 0 spiro atoms. The van der Waals surface area contributed by atoms with Gasteiger partial charge in [-0.3, -0.25) is 0 Å². The van der Waals surface area contributed by atoms with Crippen molar-refractivity contribution in [1.82, 2.24) is 0 Å². The van der Waals surface area contributed by atoms with Crippen LogP contribution in [0.4, 0.5) is 0 Å². The highest BCUT2D eigenvalue weighted by atomic mass is 32.1. The SMILES string of the molecule is CC.CS.Cc1cc2ccc3cc(C)cc4ccc(c1)c2c34. The second-order valence-corrected chi connectivity index (χ2v) is 5.30. The normalized spacial score (nSPS) is 10.3. The molecule has 0 fully saturated rings. The van der Waals surface area contributed by atoms with Crippen LogP contribution in [-0.4, -0.2) is 6.26 Å². The third-order valence-electron chi connectivity index (χ3n) is 3.82. The fourth-order valence-electron chi connectivity index (χ4n) is 3.15. The van der Waals surface area contributed by atoms with Gasteiger partial charge in [-0.25, -0.2) is 0 Å². The monoisotopic (exact) mass is 308 g/mol. The number of rotatable bonds is 0. The fraction of sp³-hybridized carbons (Fsp3) is 0.238. The molecule has 0 aliphatic carbocycles. The first-order valence-electron chi connectivity index (χ1n) is 7.83. The van der Waals surface area contributed by atoms with Gasteiger partial charge < -0.3 is 0 Å². The molecule has 0 heterocycles. The van der Waals surface area contributed by atoms with Crippen LogP contribution in [-0.2, 0) is 0 Å². The minimum Gasteiger partial charge on any atom is -0.183 e. The van der Waals surface area contributed by atoms with E-state index in [4.69, 9.17) is 0 Å². The number of thiol groups is 1. The van der Waals surface area contributed by atoms with Crippen LogP contribution in [0.1, 0.15) is 25.0 Å². The number of hydrogen-bond donors (Lipinski definition) is 1. The fourth-order valence-corrected chi connectivity index (χ4v) is 3.15. The lowest BCUT2D eigenvalue weighted by Gasteiger charge is -2.12. The van der Waals surface area contributed by atoms with E-state index in [1.165, 1.54) is 43.4 Å². The van der Waals surface area contributed by atoms with Gasteiger partial charge in [-0.1, -0.05) is 62.4 Å². The van der Waals surface area contributed by atoms with Gasteiger partial charge >= 0.3 is 0 Å². The maximum Gasteiger partial charge on any atom is -0.00266 e. The van der Waals surface area contributed by atoms with E-state index in [2.05, 4.69) is 75.0 Å². The van der Waals surface area contributed by atoms with E-state index >= 15 is 0 Å². The summed E-state index contributed by atoms with van der Waals surface area (Å²) in [6, 6.07) is 18.1. The van der Waals surface area contributed by atoms with Gasteiger partial charge in [-0.15, -0.1) is 0 Å². The largest absolute Gasteiger partial charge is 0.183 e. The van der Waals surface area contributed by atoms with Crippen LogP contribution in [0.15, 0.2) is 48.5 Å². The van der Waals surface area contributed by atoms with Gasteiger partial charge in [-0.05, 0) is 63.5 Å². The molecule has 0 radical (unpaired) electrons. The summed E-state index contributed by atoms with van der Waals surface area (Å²) in [5.41, 5.74) is 2.66.